The van der Waals surface area contributed by atoms with E-state index in [0.717, 1.165) is 30.5 Å². The molecule has 2 aliphatic rings. The molecule has 2 aromatic rings. The predicted molar refractivity (Wildman–Crippen MR) is 113 cm³/mol. The van der Waals surface area contributed by atoms with Gasteiger partial charge >= 0.3 is 0 Å². The molecule has 1 aliphatic carbocycles. The average Bonchev–Trinajstić information content (AvgIpc) is 3.45. The molecule has 1 amide bonds. The number of hydrogen-bond donors (Lipinski definition) is 1. The van der Waals surface area contributed by atoms with Crippen LogP contribution in [0.5, 0.6) is 5.75 Å². The van der Waals surface area contributed by atoms with E-state index < -0.39 is 10.0 Å². The number of rotatable bonds is 7. The lowest BCUT2D eigenvalue weighted by molar-refractivity contribution is -0.119. The van der Waals surface area contributed by atoms with Gasteiger partial charge in [-0.15, -0.1) is 0 Å². The molecule has 2 aromatic carbocycles. The van der Waals surface area contributed by atoms with Crippen molar-refractivity contribution in [2.45, 2.75) is 38.0 Å². The van der Waals surface area contributed by atoms with Gasteiger partial charge in [-0.1, -0.05) is 13.8 Å². The quantitative estimate of drug-likeness (QED) is 0.747. The molecule has 1 aliphatic heterocycles. The first-order valence-electron chi connectivity index (χ1n) is 10.0. The van der Waals surface area contributed by atoms with Crippen LogP contribution < -0.4 is 14.4 Å². The number of fused-ring (bicyclic) bond motifs is 1. The van der Waals surface area contributed by atoms with Gasteiger partial charge in [-0.2, -0.15) is 0 Å². The molecular formula is C22H26N2O4S. The van der Waals surface area contributed by atoms with Crippen molar-refractivity contribution >= 4 is 27.3 Å². The third-order valence-corrected chi connectivity index (χ3v) is 6.53. The minimum Gasteiger partial charge on any atom is -0.493 e. The third-order valence-electron chi connectivity index (χ3n) is 5.14. The average molecular weight is 415 g/mol. The van der Waals surface area contributed by atoms with Crippen LogP contribution in [0.15, 0.2) is 47.4 Å². The number of nitrogens with one attached hydrogen (secondary N) is 1. The maximum atomic E-state index is 12.7. The first-order chi connectivity index (χ1) is 13.8. The Hall–Kier alpha value is -2.54. The molecule has 1 saturated carbocycles. The van der Waals surface area contributed by atoms with Crippen molar-refractivity contribution in [2.24, 2.45) is 11.8 Å². The van der Waals surface area contributed by atoms with Crippen LogP contribution in [0.2, 0.25) is 0 Å². The highest BCUT2D eigenvalue weighted by atomic mass is 32.2. The van der Waals surface area contributed by atoms with Gasteiger partial charge in [0.25, 0.3) is 10.0 Å². The number of carbonyl (C=O) groups excluding carboxylic acids is 1. The number of nitrogens with zero attached hydrogens (tertiary/aromatic N) is 1. The summed E-state index contributed by atoms with van der Waals surface area (Å²) in [5, 5.41) is 0. The molecule has 0 bridgehead atoms. The second-order valence-electron chi connectivity index (χ2n) is 8.14. The van der Waals surface area contributed by atoms with E-state index in [1.54, 1.807) is 30.3 Å². The molecule has 6 nitrogen and oxygen atoms in total. The number of amides is 1. The summed E-state index contributed by atoms with van der Waals surface area (Å²) >= 11 is 0. The van der Waals surface area contributed by atoms with Gasteiger partial charge in [0.15, 0.2) is 0 Å². The SMILES string of the molecule is CC(C)COc1ccc(S(=O)(=O)Nc2ccc3c(c2)CCN3C(=O)C2CC2)cc1. The number of hydrogen-bond acceptors (Lipinski definition) is 4. The van der Waals surface area contributed by atoms with Crippen molar-refractivity contribution in [1.82, 2.24) is 0 Å². The standard InChI is InChI=1S/C22H26N2O4S/c1-15(2)14-28-19-6-8-20(9-7-19)29(26,27)23-18-5-10-21-17(13-18)11-12-24(21)22(25)16-3-4-16/h5-10,13,15-16,23H,3-4,11-12,14H2,1-2H3. The Morgan fingerprint density at radius 1 is 1.17 bits per heavy atom. The van der Waals surface area contributed by atoms with Crippen LogP contribution in [0.4, 0.5) is 11.4 Å². The summed E-state index contributed by atoms with van der Waals surface area (Å²) in [5.74, 6) is 1.41. The molecule has 0 atom stereocenters. The molecule has 0 aromatic heterocycles. The van der Waals surface area contributed by atoms with Crippen LogP contribution in [0.3, 0.4) is 0 Å². The third kappa shape index (κ3) is 4.40. The van der Waals surface area contributed by atoms with Crippen molar-refractivity contribution in [2.75, 3.05) is 22.8 Å². The van der Waals surface area contributed by atoms with E-state index in [0.29, 0.717) is 30.5 Å². The van der Waals surface area contributed by atoms with E-state index in [1.165, 1.54) is 0 Å². The molecule has 29 heavy (non-hydrogen) atoms. The van der Waals surface area contributed by atoms with E-state index in [-0.39, 0.29) is 16.7 Å². The Balaban J connectivity index is 1.46. The Morgan fingerprint density at radius 3 is 2.55 bits per heavy atom. The number of carbonyl (C=O) groups is 1. The highest BCUT2D eigenvalue weighted by Gasteiger charge is 2.36. The Bertz CT molecular complexity index is 1010. The van der Waals surface area contributed by atoms with Gasteiger partial charge < -0.3 is 9.64 Å². The van der Waals surface area contributed by atoms with Crippen LogP contribution in [0.25, 0.3) is 0 Å². The summed E-state index contributed by atoms with van der Waals surface area (Å²) in [6.45, 7) is 5.36. The molecule has 0 unspecified atom stereocenters. The van der Waals surface area contributed by atoms with Gasteiger partial charge in [-0.25, -0.2) is 8.42 Å². The molecule has 7 heteroatoms. The fourth-order valence-electron chi connectivity index (χ4n) is 3.44. The number of benzene rings is 2. The van der Waals surface area contributed by atoms with Gasteiger partial charge in [0.2, 0.25) is 5.91 Å². The molecule has 0 radical (unpaired) electrons. The van der Waals surface area contributed by atoms with Crippen LogP contribution in [-0.4, -0.2) is 27.5 Å². The molecule has 0 spiro atoms. The minimum absolute atomic E-state index is 0.173. The fourth-order valence-corrected chi connectivity index (χ4v) is 4.49. The zero-order valence-corrected chi connectivity index (χ0v) is 17.5. The summed E-state index contributed by atoms with van der Waals surface area (Å²) in [6, 6.07) is 11.8. The van der Waals surface area contributed by atoms with E-state index >= 15 is 0 Å². The van der Waals surface area contributed by atoms with Gasteiger partial charge in [-0.05, 0) is 73.2 Å². The Morgan fingerprint density at radius 2 is 1.90 bits per heavy atom. The summed E-state index contributed by atoms with van der Waals surface area (Å²) in [4.78, 5) is 14.4. The number of sulfonamides is 1. The second-order valence-corrected chi connectivity index (χ2v) is 9.82. The van der Waals surface area contributed by atoms with Crippen molar-refractivity contribution in [1.29, 1.82) is 0 Å². The summed E-state index contributed by atoms with van der Waals surface area (Å²) < 4.78 is 33.7. The zero-order valence-electron chi connectivity index (χ0n) is 16.7. The molecule has 1 fully saturated rings. The summed E-state index contributed by atoms with van der Waals surface area (Å²) in [6.07, 6.45) is 2.69. The number of ether oxygens (including phenoxy) is 1. The van der Waals surface area contributed by atoms with Gasteiger partial charge in [0, 0.05) is 23.8 Å². The lowest BCUT2D eigenvalue weighted by atomic mass is 10.1. The predicted octanol–water partition coefficient (Wildman–Crippen LogP) is 3.82. The van der Waals surface area contributed by atoms with Gasteiger partial charge in [0.1, 0.15) is 5.75 Å². The van der Waals surface area contributed by atoms with Crippen LogP contribution in [0.1, 0.15) is 32.3 Å². The summed E-state index contributed by atoms with van der Waals surface area (Å²) in [7, 11) is -3.70. The van der Waals surface area contributed by atoms with Crippen molar-refractivity contribution in [3.05, 3.63) is 48.0 Å². The van der Waals surface area contributed by atoms with Gasteiger partial charge in [0.05, 0.1) is 11.5 Å². The van der Waals surface area contributed by atoms with E-state index in [4.69, 9.17) is 4.74 Å². The fraction of sp³-hybridized carbons (Fsp3) is 0.409. The monoisotopic (exact) mass is 414 g/mol. The lowest BCUT2D eigenvalue weighted by Crippen LogP contribution is -2.30. The highest BCUT2D eigenvalue weighted by Crippen LogP contribution is 2.37. The molecule has 154 valence electrons. The van der Waals surface area contributed by atoms with E-state index in [2.05, 4.69) is 18.6 Å². The smallest absolute Gasteiger partial charge is 0.261 e. The van der Waals surface area contributed by atoms with E-state index in [9.17, 15) is 13.2 Å². The molecule has 4 rings (SSSR count). The van der Waals surface area contributed by atoms with E-state index in [1.807, 2.05) is 17.0 Å². The van der Waals surface area contributed by atoms with Crippen molar-refractivity contribution < 1.29 is 17.9 Å². The topological polar surface area (TPSA) is 75.7 Å². The van der Waals surface area contributed by atoms with Crippen LogP contribution in [-0.2, 0) is 21.2 Å². The van der Waals surface area contributed by atoms with Crippen molar-refractivity contribution in [3.8, 4) is 5.75 Å². The largest absolute Gasteiger partial charge is 0.493 e. The van der Waals surface area contributed by atoms with Crippen LogP contribution in [0, 0.1) is 11.8 Å². The minimum atomic E-state index is -3.70. The maximum absolute atomic E-state index is 12.7. The highest BCUT2D eigenvalue weighted by molar-refractivity contribution is 7.92. The summed E-state index contributed by atoms with van der Waals surface area (Å²) in [5.41, 5.74) is 2.40. The lowest BCUT2D eigenvalue weighted by Gasteiger charge is -2.17. The maximum Gasteiger partial charge on any atom is 0.261 e. The molecule has 1 heterocycles. The number of anilines is 2. The molecule has 1 N–H and O–H groups in total. The molecule has 0 saturated heterocycles. The van der Waals surface area contributed by atoms with Crippen LogP contribution >= 0.6 is 0 Å². The first kappa shape index (κ1) is 19.8. The normalized spacial score (nSPS) is 16.0. The zero-order chi connectivity index (χ0) is 20.6. The van der Waals surface area contributed by atoms with Gasteiger partial charge in [-0.3, -0.25) is 9.52 Å². The second kappa shape index (κ2) is 7.71. The Kier molecular flexibility index (Phi) is 5.25. The van der Waals surface area contributed by atoms with Crippen molar-refractivity contribution in [3.63, 3.8) is 0 Å². The molecular weight excluding hydrogens is 388 g/mol. The Labute approximate surface area is 171 Å². The first-order valence-corrected chi connectivity index (χ1v) is 11.5.